The van der Waals surface area contributed by atoms with E-state index in [0.717, 1.165) is 11.5 Å². The molecule has 0 aliphatic rings. The summed E-state index contributed by atoms with van der Waals surface area (Å²) in [5, 5.41) is 11.2. The number of nitrogens with zero attached hydrogens (tertiary/aromatic N) is 1. The van der Waals surface area contributed by atoms with Gasteiger partial charge in [-0.05, 0) is 30.7 Å². The number of hydrogen-bond donors (Lipinski definition) is 1. The lowest BCUT2D eigenvalue weighted by Gasteiger charge is -2.15. The zero-order chi connectivity index (χ0) is 15.0. The van der Waals surface area contributed by atoms with Crippen LogP contribution in [-0.4, -0.2) is 10.1 Å². The van der Waals surface area contributed by atoms with E-state index in [9.17, 15) is 13.9 Å². The predicted octanol–water partition coefficient (Wildman–Crippen LogP) is 3.90. The molecule has 2 aromatic carbocycles. The van der Waals surface area contributed by atoms with Crippen LogP contribution < -0.4 is 0 Å². The van der Waals surface area contributed by atoms with Crippen LogP contribution in [0.4, 0.5) is 8.78 Å². The Labute approximate surface area is 120 Å². The first kappa shape index (κ1) is 13.6. The first-order valence-electron chi connectivity index (χ1n) is 6.56. The van der Waals surface area contributed by atoms with Crippen LogP contribution in [-0.2, 0) is 0 Å². The molecule has 3 aromatic rings. The Hall–Kier alpha value is -2.33. The summed E-state index contributed by atoms with van der Waals surface area (Å²) < 4.78 is 27.2. The summed E-state index contributed by atoms with van der Waals surface area (Å²) >= 11 is 0. The molecule has 0 spiro atoms. The van der Waals surface area contributed by atoms with Crippen LogP contribution in [0.1, 0.15) is 22.9 Å². The quantitative estimate of drug-likeness (QED) is 0.774. The topological polar surface area (TPSA) is 33.1 Å². The van der Waals surface area contributed by atoms with Gasteiger partial charge in [0.05, 0.1) is 5.52 Å². The van der Waals surface area contributed by atoms with Gasteiger partial charge in [-0.25, -0.2) is 8.78 Å². The lowest BCUT2D eigenvalue weighted by atomic mass is 9.97. The van der Waals surface area contributed by atoms with Gasteiger partial charge in [0.1, 0.15) is 6.10 Å². The molecule has 0 radical (unpaired) electrons. The van der Waals surface area contributed by atoms with Crippen LogP contribution in [0.2, 0.25) is 0 Å². The molecule has 2 nitrogen and oxygen atoms in total. The van der Waals surface area contributed by atoms with E-state index < -0.39 is 17.7 Å². The van der Waals surface area contributed by atoms with Crippen LogP contribution >= 0.6 is 0 Å². The maximum absolute atomic E-state index is 13.9. The number of halogens is 2. The zero-order valence-electron chi connectivity index (χ0n) is 11.3. The second-order valence-electron chi connectivity index (χ2n) is 4.92. The van der Waals surface area contributed by atoms with Crippen LogP contribution in [0.3, 0.4) is 0 Å². The molecule has 1 N–H and O–H groups in total. The monoisotopic (exact) mass is 285 g/mol. The maximum atomic E-state index is 13.9. The Morgan fingerprint density at radius 3 is 2.57 bits per heavy atom. The Balaban J connectivity index is 2.22. The number of para-hydroxylation sites is 1. The average Bonchev–Trinajstić information content (AvgIpc) is 2.48. The van der Waals surface area contributed by atoms with E-state index in [1.54, 1.807) is 19.1 Å². The summed E-state index contributed by atoms with van der Waals surface area (Å²) in [6.45, 7) is 1.80. The molecule has 1 atom stereocenters. The van der Waals surface area contributed by atoms with Crippen molar-refractivity contribution in [3.63, 3.8) is 0 Å². The molecule has 106 valence electrons. The number of aliphatic hydroxyl groups excluding tert-OH is 1. The molecule has 3 rings (SSSR count). The van der Waals surface area contributed by atoms with Gasteiger partial charge in [-0.1, -0.05) is 30.3 Å². The van der Waals surface area contributed by atoms with E-state index in [-0.39, 0.29) is 5.56 Å². The fraction of sp³-hybridized carbons (Fsp3) is 0.118. The zero-order valence-corrected chi connectivity index (χ0v) is 11.3. The van der Waals surface area contributed by atoms with E-state index in [1.165, 1.54) is 12.1 Å². The lowest BCUT2D eigenvalue weighted by molar-refractivity contribution is 0.214. The lowest BCUT2D eigenvalue weighted by Crippen LogP contribution is -2.06. The van der Waals surface area contributed by atoms with Crippen LogP contribution in [0.5, 0.6) is 0 Å². The average molecular weight is 285 g/mol. The molecule has 0 bridgehead atoms. The number of aryl methyl sites for hydroxylation is 1. The van der Waals surface area contributed by atoms with Crippen molar-refractivity contribution < 1.29 is 13.9 Å². The van der Waals surface area contributed by atoms with Gasteiger partial charge >= 0.3 is 0 Å². The molecule has 1 unspecified atom stereocenters. The third-order valence-electron chi connectivity index (χ3n) is 3.45. The number of aromatic nitrogens is 1. The van der Waals surface area contributed by atoms with Gasteiger partial charge in [-0.3, -0.25) is 4.98 Å². The molecule has 0 aliphatic carbocycles. The van der Waals surface area contributed by atoms with Gasteiger partial charge < -0.3 is 5.11 Å². The smallest absolute Gasteiger partial charge is 0.164 e. The maximum Gasteiger partial charge on any atom is 0.164 e. The minimum absolute atomic E-state index is 0.0780. The highest BCUT2D eigenvalue weighted by Crippen LogP contribution is 2.30. The molecule has 0 amide bonds. The minimum atomic E-state index is -1.24. The van der Waals surface area contributed by atoms with Crippen molar-refractivity contribution >= 4 is 10.9 Å². The molecule has 0 aliphatic heterocycles. The highest BCUT2D eigenvalue weighted by atomic mass is 19.2. The first-order valence-corrected chi connectivity index (χ1v) is 6.56. The summed E-state index contributed by atoms with van der Waals surface area (Å²) in [6, 6.07) is 12.8. The van der Waals surface area contributed by atoms with Crippen LogP contribution in [0.15, 0.2) is 48.5 Å². The number of hydrogen-bond acceptors (Lipinski definition) is 2. The second-order valence-corrected chi connectivity index (χ2v) is 4.92. The van der Waals surface area contributed by atoms with Gasteiger partial charge in [-0.2, -0.15) is 0 Å². The fourth-order valence-corrected chi connectivity index (χ4v) is 2.47. The summed E-state index contributed by atoms with van der Waals surface area (Å²) in [5.41, 5.74) is 1.86. The molecule has 1 heterocycles. The summed E-state index contributed by atoms with van der Waals surface area (Å²) in [7, 11) is 0. The largest absolute Gasteiger partial charge is 0.384 e. The highest BCUT2D eigenvalue weighted by Gasteiger charge is 2.20. The number of benzene rings is 2. The van der Waals surface area contributed by atoms with Gasteiger partial charge in [0.15, 0.2) is 11.6 Å². The summed E-state index contributed by atoms with van der Waals surface area (Å²) in [4.78, 5) is 4.37. The van der Waals surface area contributed by atoms with Crippen molar-refractivity contribution in [2.24, 2.45) is 0 Å². The van der Waals surface area contributed by atoms with Crippen molar-refractivity contribution in [3.05, 3.63) is 77.0 Å². The molecular weight excluding hydrogens is 272 g/mol. The Morgan fingerprint density at radius 2 is 1.76 bits per heavy atom. The number of rotatable bonds is 2. The van der Waals surface area contributed by atoms with Crippen molar-refractivity contribution in [2.45, 2.75) is 13.0 Å². The Morgan fingerprint density at radius 1 is 1.00 bits per heavy atom. The Kier molecular flexibility index (Phi) is 3.39. The number of fused-ring (bicyclic) bond motifs is 1. The Bertz CT molecular complexity index is 817. The summed E-state index contributed by atoms with van der Waals surface area (Å²) in [5.74, 6) is -2.00. The van der Waals surface area contributed by atoms with Crippen LogP contribution in [0.25, 0.3) is 10.9 Å². The SMILES string of the molecule is Cc1cc(C(O)c2cccc(F)c2F)c2ccccc2n1. The molecule has 0 saturated carbocycles. The molecule has 4 heteroatoms. The standard InChI is InChI=1S/C17H13F2NO/c1-10-9-13(11-5-2-3-8-15(11)20-10)17(21)12-6-4-7-14(18)16(12)19/h2-9,17,21H,1H3. The van der Waals surface area contributed by atoms with Crippen LogP contribution in [0, 0.1) is 18.6 Å². The van der Waals surface area contributed by atoms with E-state index in [1.807, 2.05) is 18.2 Å². The molecular formula is C17H13F2NO. The minimum Gasteiger partial charge on any atom is -0.384 e. The molecule has 21 heavy (non-hydrogen) atoms. The van der Waals surface area contributed by atoms with Gasteiger partial charge in [0.25, 0.3) is 0 Å². The van der Waals surface area contributed by atoms with Crippen molar-refractivity contribution in [1.82, 2.24) is 4.98 Å². The third-order valence-corrected chi connectivity index (χ3v) is 3.45. The van der Waals surface area contributed by atoms with Crippen molar-refractivity contribution in [3.8, 4) is 0 Å². The summed E-state index contributed by atoms with van der Waals surface area (Å²) in [6.07, 6.45) is -1.24. The van der Waals surface area contributed by atoms with Gasteiger partial charge in [0.2, 0.25) is 0 Å². The van der Waals surface area contributed by atoms with Crippen molar-refractivity contribution in [2.75, 3.05) is 0 Å². The first-order chi connectivity index (χ1) is 10.1. The molecule has 0 fully saturated rings. The van der Waals surface area contributed by atoms with E-state index in [0.29, 0.717) is 16.8 Å². The van der Waals surface area contributed by atoms with Gasteiger partial charge in [0, 0.05) is 16.6 Å². The fourth-order valence-electron chi connectivity index (χ4n) is 2.47. The third kappa shape index (κ3) is 2.38. The normalized spacial score (nSPS) is 12.6. The second kappa shape index (κ2) is 5.22. The van der Waals surface area contributed by atoms with Crippen molar-refractivity contribution in [1.29, 1.82) is 0 Å². The number of pyridine rings is 1. The van der Waals surface area contributed by atoms with E-state index in [2.05, 4.69) is 4.98 Å². The number of aliphatic hydroxyl groups is 1. The van der Waals surface area contributed by atoms with E-state index in [4.69, 9.17) is 0 Å². The highest BCUT2D eigenvalue weighted by molar-refractivity contribution is 5.83. The molecule has 1 aromatic heterocycles. The predicted molar refractivity (Wildman–Crippen MR) is 76.9 cm³/mol. The van der Waals surface area contributed by atoms with E-state index >= 15 is 0 Å². The molecule has 0 saturated heterocycles. The van der Waals surface area contributed by atoms with Gasteiger partial charge in [-0.15, -0.1) is 0 Å².